The van der Waals surface area contributed by atoms with Crippen LogP contribution in [0.4, 0.5) is 5.82 Å². The molecule has 2 rings (SSSR count). The average Bonchev–Trinajstić information content (AvgIpc) is 2.75. The third kappa shape index (κ3) is 4.04. The number of aryl methyl sites for hydroxylation is 1. The van der Waals surface area contributed by atoms with E-state index in [9.17, 15) is 0 Å². The minimum Gasteiger partial charge on any atom is -0.370 e. The van der Waals surface area contributed by atoms with Crippen molar-refractivity contribution in [3.05, 3.63) is 12.5 Å². The van der Waals surface area contributed by atoms with Crippen LogP contribution in [0.15, 0.2) is 17.5 Å². The van der Waals surface area contributed by atoms with Crippen molar-refractivity contribution >= 4 is 22.8 Å². The zero-order chi connectivity index (χ0) is 15.5. The predicted octanol–water partition coefficient (Wildman–Crippen LogP) is 0.478. The SMILES string of the molecule is Cn1ncc2c(NCCN=C(N)NC(C)(C)C)ncnc21. The molecule has 0 saturated carbocycles. The predicted molar refractivity (Wildman–Crippen MR) is 84.2 cm³/mol. The van der Waals surface area contributed by atoms with Gasteiger partial charge in [0.2, 0.25) is 0 Å². The summed E-state index contributed by atoms with van der Waals surface area (Å²) in [7, 11) is 1.85. The zero-order valence-corrected chi connectivity index (χ0v) is 12.9. The highest BCUT2D eigenvalue weighted by molar-refractivity contribution is 5.86. The molecule has 0 aliphatic heterocycles. The molecule has 0 bridgehead atoms. The molecule has 2 heterocycles. The fraction of sp³-hybridized carbons (Fsp3) is 0.538. The van der Waals surface area contributed by atoms with Gasteiger partial charge in [0.1, 0.15) is 12.1 Å². The molecular weight excluding hydrogens is 268 g/mol. The Morgan fingerprint density at radius 2 is 2.14 bits per heavy atom. The van der Waals surface area contributed by atoms with Crippen molar-refractivity contribution < 1.29 is 0 Å². The first kappa shape index (κ1) is 15.0. The monoisotopic (exact) mass is 290 g/mol. The number of anilines is 1. The molecule has 0 saturated heterocycles. The first-order valence-corrected chi connectivity index (χ1v) is 6.81. The van der Waals surface area contributed by atoms with Gasteiger partial charge in [-0.05, 0) is 20.8 Å². The molecule has 0 amide bonds. The summed E-state index contributed by atoms with van der Waals surface area (Å²) in [5, 5.41) is 11.4. The topological polar surface area (TPSA) is 106 Å². The molecule has 21 heavy (non-hydrogen) atoms. The molecule has 0 radical (unpaired) electrons. The highest BCUT2D eigenvalue weighted by Gasteiger charge is 2.09. The Kier molecular flexibility index (Phi) is 4.25. The number of fused-ring (bicyclic) bond motifs is 1. The lowest BCUT2D eigenvalue weighted by atomic mass is 10.1. The van der Waals surface area contributed by atoms with Crippen molar-refractivity contribution in [3.8, 4) is 0 Å². The molecule has 0 fully saturated rings. The average molecular weight is 290 g/mol. The van der Waals surface area contributed by atoms with Crippen LogP contribution >= 0.6 is 0 Å². The van der Waals surface area contributed by atoms with E-state index in [2.05, 4.69) is 30.7 Å². The van der Waals surface area contributed by atoms with Crippen LogP contribution in [0.3, 0.4) is 0 Å². The molecule has 0 aromatic carbocycles. The van der Waals surface area contributed by atoms with E-state index in [4.69, 9.17) is 5.73 Å². The third-order valence-electron chi connectivity index (χ3n) is 2.72. The van der Waals surface area contributed by atoms with Gasteiger partial charge in [0, 0.05) is 19.1 Å². The number of rotatable bonds is 4. The fourth-order valence-corrected chi connectivity index (χ4v) is 1.88. The number of hydrogen-bond acceptors (Lipinski definition) is 5. The maximum atomic E-state index is 5.81. The van der Waals surface area contributed by atoms with Crippen LogP contribution < -0.4 is 16.4 Å². The van der Waals surface area contributed by atoms with Crippen LogP contribution in [0, 0.1) is 0 Å². The normalized spacial score (nSPS) is 12.7. The zero-order valence-electron chi connectivity index (χ0n) is 12.9. The highest BCUT2D eigenvalue weighted by Crippen LogP contribution is 2.17. The Morgan fingerprint density at radius 1 is 1.38 bits per heavy atom. The number of guanidine groups is 1. The molecule has 114 valence electrons. The second kappa shape index (κ2) is 5.94. The van der Waals surface area contributed by atoms with Crippen molar-refractivity contribution in [2.24, 2.45) is 17.8 Å². The Labute approximate surface area is 123 Å². The minimum absolute atomic E-state index is 0.0878. The Hall–Kier alpha value is -2.38. The summed E-state index contributed by atoms with van der Waals surface area (Å²) < 4.78 is 1.71. The minimum atomic E-state index is -0.0878. The number of aromatic nitrogens is 4. The molecule has 4 N–H and O–H groups in total. The smallest absolute Gasteiger partial charge is 0.189 e. The van der Waals surface area contributed by atoms with Crippen molar-refractivity contribution in [3.63, 3.8) is 0 Å². The van der Waals surface area contributed by atoms with Crippen LogP contribution in [-0.4, -0.2) is 44.3 Å². The number of nitrogens with zero attached hydrogens (tertiary/aromatic N) is 5. The Balaban J connectivity index is 1.92. The van der Waals surface area contributed by atoms with E-state index in [1.807, 2.05) is 27.8 Å². The maximum Gasteiger partial charge on any atom is 0.189 e. The molecule has 8 heteroatoms. The van der Waals surface area contributed by atoms with Crippen LogP contribution in [0.2, 0.25) is 0 Å². The van der Waals surface area contributed by atoms with Gasteiger partial charge in [-0.1, -0.05) is 0 Å². The van der Waals surface area contributed by atoms with Gasteiger partial charge in [-0.25, -0.2) is 9.97 Å². The molecule has 2 aromatic rings. The molecule has 0 spiro atoms. The van der Waals surface area contributed by atoms with Gasteiger partial charge >= 0.3 is 0 Å². The number of hydrogen-bond donors (Lipinski definition) is 3. The summed E-state index contributed by atoms with van der Waals surface area (Å²) >= 11 is 0. The summed E-state index contributed by atoms with van der Waals surface area (Å²) in [6.07, 6.45) is 3.27. The first-order valence-electron chi connectivity index (χ1n) is 6.81. The fourth-order valence-electron chi connectivity index (χ4n) is 1.88. The van der Waals surface area contributed by atoms with Gasteiger partial charge in [-0.2, -0.15) is 5.10 Å². The second-order valence-electron chi connectivity index (χ2n) is 5.80. The van der Waals surface area contributed by atoms with Crippen LogP contribution in [0.1, 0.15) is 20.8 Å². The number of nitrogens with one attached hydrogen (secondary N) is 2. The molecule has 0 atom stereocenters. The lowest BCUT2D eigenvalue weighted by molar-refractivity contribution is 0.508. The summed E-state index contributed by atoms with van der Waals surface area (Å²) in [4.78, 5) is 12.7. The molecule has 0 aliphatic carbocycles. The van der Waals surface area contributed by atoms with Gasteiger partial charge in [0.25, 0.3) is 0 Å². The van der Waals surface area contributed by atoms with E-state index in [0.29, 0.717) is 19.0 Å². The van der Waals surface area contributed by atoms with Crippen LogP contribution in [-0.2, 0) is 7.05 Å². The quantitative estimate of drug-likeness (QED) is 0.429. The van der Waals surface area contributed by atoms with Gasteiger partial charge in [-0.15, -0.1) is 0 Å². The number of nitrogens with two attached hydrogens (primary N) is 1. The Bertz CT molecular complexity index is 637. The lowest BCUT2D eigenvalue weighted by Crippen LogP contribution is -2.45. The largest absolute Gasteiger partial charge is 0.370 e. The molecule has 8 nitrogen and oxygen atoms in total. The van der Waals surface area contributed by atoms with E-state index in [0.717, 1.165) is 16.9 Å². The van der Waals surface area contributed by atoms with Crippen molar-refractivity contribution in [1.29, 1.82) is 0 Å². The van der Waals surface area contributed by atoms with Crippen LogP contribution in [0.25, 0.3) is 11.0 Å². The van der Waals surface area contributed by atoms with Crippen molar-refractivity contribution in [1.82, 2.24) is 25.1 Å². The van der Waals surface area contributed by atoms with Crippen molar-refractivity contribution in [2.45, 2.75) is 26.3 Å². The molecule has 2 aromatic heterocycles. The molecule has 0 aliphatic rings. The summed E-state index contributed by atoms with van der Waals surface area (Å²) in [6, 6.07) is 0. The summed E-state index contributed by atoms with van der Waals surface area (Å²) in [5.74, 6) is 1.20. The van der Waals surface area contributed by atoms with Crippen LogP contribution in [0.5, 0.6) is 0 Å². The summed E-state index contributed by atoms with van der Waals surface area (Å²) in [5.41, 5.74) is 6.51. The lowest BCUT2D eigenvalue weighted by Gasteiger charge is -2.21. The maximum absolute atomic E-state index is 5.81. The van der Waals surface area contributed by atoms with E-state index in [-0.39, 0.29) is 5.54 Å². The van der Waals surface area contributed by atoms with E-state index in [1.165, 1.54) is 6.33 Å². The van der Waals surface area contributed by atoms with Gasteiger partial charge in [0.15, 0.2) is 11.6 Å². The van der Waals surface area contributed by atoms with E-state index in [1.54, 1.807) is 10.9 Å². The van der Waals surface area contributed by atoms with Gasteiger partial charge in [-0.3, -0.25) is 9.67 Å². The first-order chi connectivity index (χ1) is 9.87. The third-order valence-corrected chi connectivity index (χ3v) is 2.72. The van der Waals surface area contributed by atoms with E-state index < -0.39 is 0 Å². The van der Waals surface area contributed by atoms with Gasteiger partial charge < -0.3 is 16.4 Å². The molecule has 0 unspecified atom stereocenters. The summed E-state index contributed by atoms with van der Waals surface area (Å²) in [6.45, 7) is 7.29. The van der Waals surface area contributed by atoms with E-state index >= 15 is 0 Å². The highest BCUT2D eigenvalue weighted by atomic mass is 15.3. The van der Waals surface area contributed by atoms with Gasteiger partial charge in [0.05, 0.1) is 18.1 Å². The number of aliphatic imine (C=N–C) groups is 1. The van der Waals surface area contributed by atoms with Crippen molar-refractivity contribution in [2.75, 3.05) is 18.4 Å². The standard InChI is InChI=1S/C13H22N8/c1-13(2,3)20-12(14)16-6-5-15-10-9-7-19-21(4)11(9)18-8-17-10/h7-8H,5-6H2,1-4H3,(H3,14,16,20)(H,15,17,18). The second-order valence-corrected chi connectivity index (χ2v) is 5.80. The Morgan fingerprint density at radius 3 is 2.86 bits per heavy atom. The molecular formula is C13H22N8.